The Kier molecular flexibility index (Phi) is 9.68. The second-order valence-corrected chi connectivity index (χ2v) is 11.4. The number of ether oxygens (including phenoxy) is 2. The summed E-state index contributed by atoms with van der Waals surface area (Å²) in [7, 11) is 1.54. The summed E-state index contributed by atoms with van der Waals surface area (Å²) in [5.41, 5.74) is 3.15. The first-order valence-electron chi connectivity index (χ1n) is 13.9. The van der Waals surface area contributed by atoms with E-state index in [0.717, 1.165) is 11.1 Å². The number of carboxylic acids is 1. The van der Waals surface area contributed by atoms with Crippen LogP contribution < -0.4 is 19.7 Å². The predicted octanol–water partition coefficient (Wildman–Crippen LogP) is 4.46. The summed E-state index contributed by atoms with van der Waals surface area (Å²) in [6.45, 7) is 14.8. The van der Waals surface area contributed by atoms with Crippen molar-refractivity contribution in [3.63, 3.8) is 0 Å². The number of nitrogens with one attached hydrogen (secondary N) is 2. The third-order valence-electron chi connectivity index (χ3n) is 6.95. The van der Waals surface area contributed by atoms with Crippen molar-refractivity contribution in [3.8, 4) is 11.5 Å². The number of anilines is 1. The van der Waals surface area contributed by atoms with Crippen molar-refractivity contribution < 1.29 is 29.0 Å². The summed E-state index contributed by atoms with van der Waals surface area (Å²) in [5, 5.41) is 20.7. The molecule has 2 aromatic rings. The lowest BCUT2D eigenvalue weighted by Crippen LogP contribution is -2.31. The Bertz CT molecular complexity index is 1340. The van der Waals surface area contributed by atoms with Crippen LogP contribution >= 0.6 is 0 Å². The van der Waals surface area contributed by atoms with Crippen molar-refractivity contribution in [2.45, 2.75) is 66.5 Å². The second kappa shape index (κ2) is 12.6. The largest absolute Gasteiger partial charge is 0.490 e. The van der Waals surface area contributed by atoms with E-state index in [1.807, 2.05) is 53.4 Å². The number of carbonyl (C=O) groups is 3. The van der Waals surface area contributed by atoms with Crippen LogP contribution in [0.1, 0.15) is 85.9 Å². The monoisotopic (exact) mass is 566 g/mol. The van der Waals surface area contributed by atoms with Crippen molar-refractivity contribution in [2.24, 2.45) is 0 Å². The maximum atomic E-state index is 13.8. The highest BCUT2D eigenvalue weighted by Crippen LogP contribution is 2.41. The van der Waals surface area contributed by atoms with E-state index < -0.39 is 18.0 Å². The lowest BCUT2D eigenvalue weighted by Gasteiger charge is -2.30. The number of ketones is 1. The van der Waals surface area contributed by atoms with Crippen molar-refractivity contribution in [1.82, 2.24) is 10.2 Å². The molecule has 0 radical (unpaired) electrons. The minimum atomic E-state index is -1.08. The second-order valence-electron chi connectivity index (χ2n) is 11.4. The highest BCUT2D eigenvalue weighted by atomic mass is 16.5. The molecule has 41 heavy (non-hydrogen) atoms. The molecule has 0 unspecified atom stereocenters. The Morgan fingerprint density at radius 2 is 1.78 bits per heavy atom. The molecule has 1 aliphatic rings. The van der Waals surface area contributed by atoms with E-state index in [-0.39, 0.29) is 30.2 Å². The van der Waals surface area contributed by atoms with E-state index in [1.54, 1.807) is 36.2 Å². The third kappa shape index (κ3) is 6.99. The van der Waals surface area contributed by atoms with Crippen LogP contribution in [0.4, 0.5) is 5.69 Å². The van der Waals surface area contributed by atoms with Crippen LogP contribution in [0.2, 0.25) is 0 Å². The Morgan fingerprint density at radius 1 is 1.12 bits per heavy atom. The Labute approximate surface area is 242 Å². The van der Waals surface area contributed by atoms with Crippen molar-refractivity contribution in [2.75, 3.05) is 38.2 Å². The minimum absolute atomic E-state index is 0.0419. The number of benzene rings is 2. The van der Waals surface area contributed by atoms with Gasteiger partial charge in [-0.05, 0) is 62.9 Å². The zero-order chi connectivity index (χ0) is 30.6. The Hall–Kier alpha value is -4.08. The van der Waals surface area contributed by atoms with Gasteiger partial charge < -0.3 is 29.7 Å². The molecule has 0 aliphatic carbocycles. The quantitative estimate of drug-likeness (QED) is 0.321. The zero-order valence-corrected chi connectivity index (χ0v) is 25.3. The molecule has 1 aliphatic heterocycles. The summed E-state index contributed by atoms with van der Waals surface area (Å²) in [5.74, 6) is -0.512. The molecule has 0 fully saturated rings. The number of amidine groups is 1. The maximum absolute atomic E-state index is 13.8. The van der Waals surface area contributed by atoms with E-state index in [2.05, 4.69) is 5.32 Å². The summed E-state index contributed by atoms with van der Waals surface area (Å²) in [6, 6.07) is 6.97. The molecule has 0 spiro atoms. The first-order valence-corrected chi connectivity index (χ1v) is 13.9. The third-order valence-corrected chi connectivity index (χ3v) is 6.95. The average molecular weight is 567 g/mol. The van der Waals surface area contributed by atoms with Gasteiger partial charge in [-0.3, -0.25) is 15.0 Å². The normalized spacial score (nSPS) is 12.8. The Morgan fingerprint density at radius 3 is 2.32 bits per heavy atom. The smallest absolute Gasteiger partial charge is 0.341 e. The van der Waals surface area contributed by atoms with Gasteiger partial charge in [-0.15, -0.1) is 0 Å². The van der Waals surface area contributed by atoms with Crippen molar-refractivity contribution in [3.05, 3.63) is 52.1 Å². The average Bonchev–Trinajstić information content (AvgIpc) is 3.19. The molecule has 3 rings (SSSR count). The number of hydrogen-bond acceptors (Lipinski definition) is 7. The standard InChI is InChI=1S/C31H42N4O6/c1-9-34(10-2)24-12-19(11-23(31(5,6)7)28(24)40-17-27(37)38)25(36)16-35-15-20-13-26(41-18(3)4)22(30(39)33-8)14-21(20)29(35)32/h11-14,18,32H,9-10,15-17H2,1-8H3,(H,33,39)(H,37,38). The molecule has 0 saturated heterocycles. The van der Waals surface area contributed by atoms with E-state index in [0.29, 0.717) is 53.5 Å². The fraction of sp³-hybridized carbons (Fsp3) is 0.484. The van der Waals surface area contributed by atoms with E-state index in [1.165, 1.54) is 0 Å². The fourth-order valence-electron chi connectivity index (χ4n) is 4.91. The van der Waals surface area contributed by atoms with Crippen molar-refractivity contribution >= 4 is 29.2 Å². The lowest BCUT2D eigenvalue weighted by atomic mass is 9.84. The van der Waals surface area contributed by atoms with Gasteiger partial charge in [0.05, 0.1) is 23.9 Å². The minimum Gasteiger partial charge on any atom is -0.490 e. The molecule has 2 aromatic carbocycles. The Balaban J connectivity index is 2.01. The molecule has 1 amide bonds. The molecular formula is C31H42N4O6. The van der Waals surface area contributed by atoms with Gasteiger partial charge in [0.25, 0.3) is 5.91 Å². The van der Waals surface area contributed by atoms with E-state index in [9.17, 15) is 19.5 Å². The molecule has 10 heteroatoms. The lowest BCUT2D eigenvalue weighted by molar-refractivity contribution is -0.139. The summed E-state index contributed by atoms with van der Waals surface area (Å²) < 4.78 is 11.7. The van der Waals surface area contributed by atoms with Crippen LogP contribution in [0.25, 0.3) is 0 Å². The van der Waals surface area contributed by atoms with Gasteiger partial charge in [-0.2, -0.15) is 0 Å². The highest BCUT2D eigenvalue weighted by molar-refractivity contribution is 6.08. The van der Waals surface area contributed by atoms with E-state index in [4.69, 9.17) is 14.9 Å². The number of hydrogen-bond donors (Lipinski definition) is 3. The van der Waals surface area contributed by atoms with Crippen LogP contribution in [-0.2, 0) is 16.8 Å². The number of Topliss-reactive ketones (excluding diaryl/α,β-unsaturated/α-hetero) is 1. The molecule has 10 nitrogen and oxygen atoms in total. The summed E-state index contributed by atoms with van der Waals surface area (Å²) in [6.07, 6.45) is -0.144. The number of rotatable bonds is 12. The van der Waals surface area contributed by atoms with Crippen LogP contribution in [0.5, 0.6) is 11.5 Å². The van der Waals surface area contributed by atoms with Crippen LogP contribution in [0.3, 0.4) is 0 Å². The zero-order valence-electron chi connectivity index (χ0n) is 25.3. The first kappa shape index (κ1) is 31.4. The molecule has 1 heterocycles. The van der Waals surface area contributed by atoms with Gasteiger partial charge in [0, 0.05) is 43.4 Å². The fourth-order valence-corrected chi connectivity index (χ4v) is 4.91. The molecule has 3 N–H and O–H groups in total. The van der Waals surface area contributed by atoms with E-state index >= 15 is 0 Å². The van der Waals surface area contributed by atoms with Gasteiger partial charge in [-0.25, -0.2) is 4.79 Å². The molecular weight excluding hydrogens is 524 g/mol. The number of amides is 1. The van der Waals surface area contributed by atoms with Gasteiger partial charge >= 0.3 is 5.97 Å². The molecule has 222 valence electrons. The van der Waals surface area contributed by atoms with Gasteiger partial charge in [0.1, 0.15) is 17.3 Å². The van der Waals surface area contributed by atoms with Crippen molar-refractivity contribution in [1.29, 1.82) is 5.41 Å². The van der Waals surface area contributed by atoms with Crippen LogP contribution in [-0.4, -0.2) is 72.9 Å². The predicted molar refractivity (Wildman–Crippen MR) is 159 cm³/mol. The topological polar surface area (TPSA) is 132 Å². The summed E-state index contributed by atoms with van der Waals surface area (Å²) in [4.78, 5) is 41.4. The SMILES string of the molecule is CCN(CC)c1cc(C(=O)CN2Cc3cc(OC(C)C)c(C(=O)NC)cc3C2=N)cc(C(C)(C)C)c1OCC(=O)O. The number of nitrogens with zero attached hydrogens (tertiary/aromatic N) is 2. The van der Waals surface area contributed by atoms with Crippen LogP contribution in [0, 0.1) is 5.41 Å². The molecule has 0 aromatic heterocycles. The molecule has 0 saturated carbocycles. The molecule has 0 atom stereocenters. The number of carbonyl (C=O) groups excluding carboxylic acids is 2. The summed E-state index contributed by atoms with van der Waals surface area (Å²) >= 11 is 0. The molecule has 0 bridgehead atoms. The first-order chi connectivity index (χ1) is 19.2. The number of carboxylic acid groups (broad SMARTS) is 1. The van der Waals surface area contributed by atoms with Gasteiger partial charge in [0.15, 0.2) is 12.4 Å². The maximum Gasteiger partial charge on any atom is 0.341 e. The van der Waals surface area contributed by atoms with Gasteiger partial charge in [-0.1, -0.05) is 20.8 Å². The number of aliphatic carboxylic acids is 1. The van der Waals surface area contributed by atoms with Gasteiger partial charge in [0.2, 0.25) is 0 Å². The highest BCUT2D eigenvalue weighted by Gasteiger charge is 2.31. The number of fused-ring (bicyclic) bond motifs is 1. The van der Waals surface area contributed by atoms with Crippen LogP contribution in [0.15, 0.2) is 24.3 Å².